The lowest BCUT2D eigenvalue weighted by molar-refractivity contribution is 0.377. The number of aromatic nitrogens is 3. The lowest BCUT2D eigenvalue weighted by atomic mass is 10.9. The van der Waals surface area contributed by atoms with E-state index in [1.165, 1.54) is 7.11 Å². The summed E-state index contributed by atoms with van der Waals surface area (Å²) in [5.41, 5.74) is -0.485. The first-order valence-electron chi connectivity index (χ1n) is 2.96. The van der Waals surface area contributed by atoms with Crippen molar-refractivity contribution < 1.29 is 4.74 Å². The number of hydrogen-bond acceptors (Lipinski definition) is 5. The van der Waals surface area contributed by atoms with E-state index in [0.717, 1.165) is 0 Å². The van der Waals surface area contributed by atoms with E-state index in [4.69, 9.17) is 0 Å². The second-order valence-electron chi connectivity index (χ2n) is 1.74. The van der Waals surface area contributed by atoms with Crippen molar-refractivity contribution in [2.24, 2.45) is 0 Å². The third kappa shape index (κ3) is 1.66. The van der Waals surface area contributed by atoms with Crippen molar-refractivity contribution in [2.45, 2.75) is 0 Å². The topological polar surface area (TPSA) is 79.9 Å². The maximum absolute atomic E-state index is 10.7. The summed E-state index contributed by atoms with van der Waals surface area (Å²) in [5, 5.41) is 2.66. The summed E-state index contributed by atoms with van der Waals surface area (Å²) < 4.78 is 4.66. The molecule has 0 aliphatic rings. The molecule has 1 heterocycles. The summed E-state index contributed by atoms with van der Waals surface area (Å²) in [4.78, 5) is 20.3. The van der Waals surface area contributed by atoms with Crippen molar-refractivity contribution in [3.05, 3.63) is 10.5 Å². The van der Waals surface area contributed by atoms with Crippen molar-refractivity contribution in [1.29, 1.82) is 0 Å². The fourth-order valence-electron chi connectivity index (χ4n) is 0.574. The van der Waals surface area contributed by atoms with Gasteiger partial charge in [-0.05, 0) is 0 Å². The van der Waals surface area contributed by atoms with E-state index in [1.54, 1.807) is 7.05 Å². The van der Waals surface area contributed by atoms with E-state index >= 15 is 0 Å². The van der Waals surface area contributed by atoms with Gasteiger partial charge < -0.3 is 10.1 Å². The Kier molecular flexibility index (Phi) is 2.05. The van der Waals surface area contributed by atoms with Crippen LogP contribution in [0.5, 0.6) is 6.01 Å². The Bertz CT molecular complexity index is 270. The molecular weight excluding hydrogens is 148 g/mol. The summed E-state index contributed by atoms with van der Waals surface area (Å²) in [5.74, 6) is 0.335. The van der Waals surface area contributed by atoms with Gasteiger partial charge >= 0.3 is 11.7 Å². The molecule has 60 valence electrons. The number of aromatic amines is 1. The molecule has 2 N–H and O–H groups in total. The number of rotatable bonds is 2. The van der Waals surface area contributed by atoms with Crippen molar-refractivity contribution in [3.8, 4) is 6.01 Å². The van der Waals surface area contributed by atoms with Gasteiger partial charge in [0.15, 0.2) is 0 Å². The van der Waals surface area contributed by atoms with E-state index in [9.17, 15) is 4.79 Å². The van der Waals surface area contributed by atoms with Crippen LogP contribution < -0.4 is 15.7 Å². The Morgan fingerprint density at radius 1 is 1.55 bits per heavy atom. The third-order valence-corrected chi connectivity index (χ3v) is 1.05. The van der Waals surface area contributed by atoms with E-state index in [0.29, 0.717) is 5.95 Å². The second-order valence-corrected chi connectivity index (χ2v) is 1.74. The van der Waals surface area contributed by atoms with Crippen LogP contribution >= 0.6 is 0 Å². The van der Waals surface area contributed by atoms with Crippen LogP contribution in [0.4, 0.5) is 5.95 Å². The third-order valence-electron chi connectivity index (χ3n) is 1.05. The van der Waals surface area contributed by atoms with E-state index in [2.05, 4.69) is 25.0 Å². The Morgan fingerprint density at radius 2 is 2.27 bits per heavy atom. The highest BCUT2D eigenvalue weighted by Crippen LogP contribution is 1.98. The minimum atomic E-state index is -0.485. The van der Waals surface area contributed by atoms with Crippen molar-refractivity contribution in [2.75, 3.05) is 19.5 Å². The van der Waals surface area contributed by atoms with Crippen LogP contribution in [0.25, 0.3) is 0 Å². The van der Waals surface area contributed by atoms with Crippen LogP contribution in [0.1, 0.15) is 0 Å². The molecule has 0 saturated carbocycles. The average molecular weight is 156 g/mol. The molecule has 0 amide bonds. The van der Waals surface area contributed by atoms with Gasteiger partial charge in [-0.1, -0.05) is 0 Å². The summed E-state index contributed by atoms with van der Waals surface area (Å²) in [6.45, 7) is 0. The predicted molar refractivity (Wildman–Crippen MR) is 38.8 cm³/mol. The number of H-pyrrole nitrogens is 1. The molecule has 0 aliphatic carbocycles. The van der Waals surface area contributed by atoms with Crippen LogP contribution in [-0.4, -0.2) is 29.1 Å². The monoisotopic (exact) mass is 156 g/mol. The SMILES string of the molecule is CNc1nc(OC)nc(=O)[nH]1. The van der Waals surface area contributed by atoms with Gasteiger partial charge in [-0.3, -0.25) is 4.98 Å². The summed E-state index contributed by atoms with van der Waals surface area (Å²) >= 11 is 0. The van der Waals surface area contributed by atoms with Crippen LogP contribution in [0.2, 0.25) is 0 Å². The number of hydrogen-bond donors (Lipinski definition) is 2. The molecule has 0 bridgehead atoms. The first-order valence-corrected chi connectivity index (χ1v) is 2.96. The van der Waals surface area contributed by atoms with Gasteiger partial charge in [0.05, 0.1) is 7.11 Å². The minimum Gasteiger partial charge on any atom is -0.467 e. The predicted octanol–water partition coefficient (Wildman–Crippen LogP) is -0.785. The molecular formula is C5H8N4O2. The number of methoxy groups -OCH3 is 1. The first kappa shape index (κ1) is 7.52. The molecule has 6 nitrogen and oxygen atoms in total. The zero-order valence-electron chi connectivity index (χ0n) is 6.21. The van der Waals surface area contributed by atoms with Gasteiger partial charge in [0, 0.05) is 7.05 Å². The highest BCUT2D eigenvalue weighted by molar-refractivity contribution is 5.21. The number of nitrogens with one attached hydrogen (secondary N) is 2. The fraction of sp³-hybridized carbons (Fsp3) is 0.400. The first-order chi connectivity index (χ1) is 5.26. The molecule has 11 heavy (non-hydrogen) atoms. The summed E-state index contributed by atoms with van der Waals surface area (Å²) in [7, 11) is 3.03. The molecule has 0 aliphatic heterocycles. The van der Waals surface area contributed by atoms with Crippen LogP contribution in [-0.2, 0) is 0 Å². The fourth-order valence-corrected chi connectivity index (χ4v) is 0.574. The van der Waals surface area contributed by atoms with E-state index in [1.807, 2.05) is 0 Å². The second kappa shape index (κ2) is 3.00. The molecule has 0 radical (unpaired) electrons. The Morgan fingerprint density at radius 3 is 2.82 bits per heavy atom. The number of ether oxygens (including phenoxy) is 1. The molecule has 1 rings (SSSR count). The number of anilines is 1. The summed E-state index contributed by atoms with van der Waals surface area (Å²) in [6.07, 6.45) is 0. The zero-order chi connectivity index (χ0) is 8.27. The van der Waals surface area contributed by atoms with Crippen LogP contribution in [0, 0.1) is 0 Å². The lowest BCUT2D eigenvalue weighted by Gasteiger charge is -1.98. The molecule has 0 aromatic carbocycles. The quantitative estimate of drug-likeness (QED) is 0.586. The Balaban J connectivity index is 3.12. The smallest absolute Gasteiger partial charge is 0.352 e. The minimum absolute atomic E-state index is 0.0538. The van der Waals surface area contributed by atoms with Gasteiger partial charge in [-0.15, -0.1) is 4.98 Å². The average Bonchev–Trinajstić information content (AvgIpc) is 2.03. The van der Waals surface area contributed by atoms with Gasteiger partial charge in [0.2, 0.25) is 5.95 Å². The maximum atomic E-state index is 10.7. The van der Waals surface area contributed by atoms with Crippen molar-refractivity contribution in [1.82, 2.24) is 15.0 Å². The molecule has 0 unspecified atom stereocenters. The molecule has 0 saturated heterocycles. The standard InChI is InChI=1S/C5H8N4O2/c1-6-3-7-4(10)9-5(8-3)11-2/h1-2H3,(H2,6,7,8,9,10). The molecule has 1 aromatic heterocycles. The van der Waals surface area contributed by atoms with Crippen LogP contribution in [0.15, 0.2) is 4.79 Å². The van der Waals surface area contributed by atoms with Gasteiger partial charge in [-0.2, -0.15) is 4.98 Å². The maximum Gasteiger partial charge on any atom is 0.352 e. The zero-order valence-corrected chi connectivity index (χ0v) is 6.21. The lowest BCUT2D eigenvalue weighted by Crippen LogP contribution is -2.15. The van der Waals surface area contributed by atoms with Crippen molar-refractivity contribution in [3.63, 3.8) is 0 Å². The normalized spacial score (nSPS) is 9.27. The highest BCUT2D eigenvalue weighted by Gasteiger charge is 1.98. The number of nitrogens with zero attached hydrogens (tertiary/aromatic N) is 2. The van der Waals surface area contributed by atoms with E-state index < -0.39 is 5.69 Å². The van der Waals surface area contributed by atoms with Gasteiger partial charge in [-0.25, -0.2) is 4.79 Å². The van der Waals surface area contributed by atoms with Gasteiger partial charge in [0.1, 0.15) is 0 Å². The molecule has 0 atom stereocenters. The molecule has 0 spiro atoms. The Labute approximate surface area is 62.6 Å². The highest BCUT2D eigenvalue weighted by atomic mass is 16.5. The summed E-state index contributed by atoms with van der Waals surface area (Å²) in [6, 6.07) is 0.0538. The van der Waals surface area contributed by atoms with Crippen molar-refractivity contribution >= 4 is 5.95 Å². The molecule has 1 aromatic rings. The molecule has 0 fully saturated rings. The molecule has 6 heteroatoms. The van der Waals surface area contributed by atoms with Crippen LogP contribution in [0.3, 0.4) is 0 Å². The Hall–Kier alpha value is -1.59. The largest absolute Gasteiger partial charge is 0.467 e. The van der Waals surface area contributed by atoms with Gasteiger partial charge in [0.25, 0.3) is 0 Å². The van der Waals surface area contributed by atoms with E-state index in [-0.39, 0.29) is 6.01 Å².